The van der Waals surface area contributed by atoms with E-state index in [0.717, 1.165) is 4.57 Å². The molecule has 1 aromatic heterocycles. The van der Waals surface area contributed by atoms with Gasteiger partial charge in [-0.15, -0.1) is 0 Å². The number of aromatic nitrogens is 2. The predicted octanol–water partition coefficient (Wildman–Crippen LogP) is 2.63. The molecule has 2 rings (SSSR count). The lowest BCUT2D eigenvalue weighted by Crippen LogP contribution is -1.89. The number of hydrogen-bond acceptors (Lipinski definition) is 1. The van der Waals surface area contributed by atoms with Crippen molar-refractivity contribution in [1.29, 1.82) is 0 Å². The molecule has 0 N–H and O–H groups in total. The topological polar surface area (TPSA) is 17.8 Å². The van der Waals surface area contributed by atoms with E-state index < -0.39 is 36.8 Å². The third-order valence-corrected chi connectivity index (χ3v) is 1.79. The van der Waals surface area contributed by atoms with Crippen LogP contribution in [0.4, 0.5) is 0 Å². The largest absolute Gasteiger partial charge is 0.305 e. The summed E-state index contributed by atoms with van der Waals surface area (Å²) < 4.78 is 54.2. The van der Waals surface area contributed by atoms with Crippen molar-refractivity contribution in [1.82, 2.24) is 9.55 Å². The zero-order valence-corrected chi connectivity index (χ0v) is 7.36. The van der Waals surface area contributed by atoms with Gasteiger partial charge in [0, 0.05) is 16.8 Å². The number of hydrogen-bond donors (Lipinski definition) is 0. The zero-order chi connectivity index (χ0) is 14.5. The Morgan fingerprint density at radius 3 is 3.00 bits per heavy atom. The number of rotatable bonds is 1. The van der Waals surface area contributed by atoms with Crippen molar-refractivity contribution >= 4 is 15.9 Å². The normalized spacial score (nSPS) is 18.2. The summed E-state index contributed by atoms with van der Waals surface area (Å²) in [4.78, 5) is 3.49. The molecule has 0 aliphatic heterocycles. The molecule has 0 bridgehead atoms. The molecule has 0 aliphatic rings. The second-order valence-corrected chi connectivity index (χ2v) is 2.73. The molecule has 0 radical (unpaired) electrons. The third-order valence-electron chi connectivity index (χ3n) is 1.21. The molecule has 1 aromatic carbocycles. The lowest BCUT2D eigenvalue weighted by Gasteiger charge is -2.02. The van der Waals surface area contributed by atoms with Crippen LogP contribution in [0.1, 0.15) is 9.60 Å². The molecule has 60 valence electrons. The standard InChI is InChI=1S/C9H7BrN2/c10-8-3-1-2-4-9(8)12-6-5-11-7-12/h1-7H/i1D,2D,3D,4D,5D,6D,7D. The van der Waals surface area contributed by atoms with Crippen molar-refractivity contribution in [3.8, 4) is 5.69 Å². The molecule has 0 saturated heterocycles. The van der Waals surface area contributed by atoms with Crippen molar-refractivity contribution < 1.29 is 9.60 Å². The summed E-state index contributed by atoms with van der Waals surface area (Å²) in [5.41, 5.74) is -0.0907. The van der Waals surface area contributed by atoms with Gasteiger partial charge in [-0.2, -0.15) is 0 Å². The SMILES string of the molecule is [2H]c1nc([2H])n(-c2c([2H])c([2H])c([2H])c([2H])c2Br)c1[2H]. The van der Waals surface area contributed by atoms with Crippen LogP contribution in [0.25, 0.3) is 5.69 Å². The minimum atomic E-state index is -0.470. The van der Waals surface area contributed by atoms with Crippen LogP contribution in [0.15, 0.2) is 47.3 Å². The minimum Gasteiger partial charge on any atom is -0.305 e. The van der Waals surface area contributed by atoms with E-state index in [1.165, 1.54) is 0 Å². The molecule has 0 aliphatic carbocycles. The summed E-state index contributed by atoms with van der Waals surface area (Å²) in [6.07, 6.45) is -1.26. The molecular formula is C9H7BrN2. The number of benzene rings is 1. The van der Waals surface area contributed by atoms with Gasteiger partial charge >= 0.3 is 0 Å². The predicted molar refractivity (Wildman–Crippen MR) is 51.3 cm³/mol. The average molecular weight is 230 g/mol. The van der Waals surface area contributed by atoms with Gasteiger partial charge in [0.1, 0.15) is 1.37 Å². The van der Waals surface area contributed by atoms with Gasteiger partial charge in [0.05, 0.1) is 20.2 Å². The first-order valence-electron chi connectivity index (χ1n) is 6.56. The van der Waals surface area contributed by atoms with Gasteiger partial charge in [0.2, 0.25) is 0 Å². The van der Waals surface area contributed by atoms with E-state index in [-0.39, 0.29) is 16.2 Å². The van der Waals surface area contributed by atoms with Crippen molar-refractivity contribution in [2.45, 2.75) is 0 Å². The summed E-state index contributed by atoms with van der Waals surface area (Å²) in [6, 6.07) is -1.59. The van der Waals surface area contributed by atoms with Crippen molar-refractivity contribution in [3.05, 3.63) is 47.3 Å². The molecule has 3 heteroatoms. The Bertz CT molecular complexity index is 653. The minimum absolute atomic E-state index is 0.0258. The first-order valence-corrected chi connectivity index (χ1v) is 3.85. The Morgan fingerprint density at radius 1 is 1.42 bits per heavy atom. The quantitative estimate of drug-likeness (QED) is 0.736. The monoisotopic (exact) mass is 229 g/mol. The summed E-state index contributed by atoms with van der Waals surface area (Å²) >= 11 is 3.04. The number of halogens is 1. The van der Waals surface area contributed by atoms with Crippen LogP contribution < -0.4 is 0 Å². The number of para-hydroxylation sites is 1. The van der Waals surface area contributed by atoms with Crippen LogP contribution >= 0.6 is 15.9 Å². The van der Waals surface area contributed by atoms with E-state index in [4.69, 9.17) is 9.60 Å². The fourth-order valence-electron chi connectivity index (χ4n) is 0.726. The van der Waals surface area contributed by atoms with Crippen LogP contribution in [0.5, 0.6) is 0 Å². The Morgan fingerprint density at radius 2 is 2.25 bits per heavy atom. The zero-order valence-electron chi connectivity index (χ0n) is 12.8. The number of nitrogens with zero attached hydrogens (tertiary/aromatic N) is 2. The highest BCUT2D eigenvalue weighted by Gasteiger charge is 1.98. The second kappa shape index (κ2) is 3.11. The average Bonchev–Trinajstić information content (AvgIpc) is 2.61. The van der Waals surface area contributed by atoms with Crippen LogP contribution in [-0.2, 0) is 0 Å². The molecule has 2 nitrogen and oxygen atoms in total. The summed E-state index contributed by atoms with van der Waals surface area (Å²) in [6.45, 7) is 0. The van der Waals surface area contributed by atoms with E-state index >= 15 is 0 Å². The van der Waals surface area contributed by atoms with Crippen LogP contribution in [0.3, 0.4) is 0 Å². The maximum Gasteiger partial charge on any atom is 0.105 e. The molecule has 0 spiro atoms. The first-order chi connectivity index (χ1) is 8.77. The highest BCUT2D eigenvalue weighted by atomic mass is 79.9. The van der Waals surface area contributed by atoms with Gasteiger partial charge < -0.3 is 4.57 Å². The summed E-state index contributed by atoms with van der Waals surface area (Å²) in [5.74, 6) is 0. The highest BCUT2D eigenvalue weighted by Crippen LogP contribution is 2.19. The van der Waals surface area contributed by atoms with Crippen molar-refractivity contribution in [2.24, 2.45) is 0 Å². The van der Waals surface area contributed by atoms with Crippen molar-refractivity contribution in [3.63, 3.8) is 0 Å². The van der Waals surface area contributed by atoms with Gasteiger partial charge in [-0.1, -0.05) is 12.1 Å². The molecule has 2 aromatic rings. The van der Waals surface area contributed by atoms with Crippen LogP contribution in [0, 0.1) is 0 Å². The van der Waals surface area contributed by atoms with Gasteiger partial charge in [-0.3, -0.25) is 0 Å². The van der Waals surface area contributed by atoms with E-state index in [0.29, 0.717) is 0 Å². The van der Waals surface area contributed by atoms with Gasteiger partial charge in [-0.05, 0) is 28.0 Å². The molecule has 0 fully saturated rings. The van der Waals surface area contributed by atoms with E-state index in [9.17, 15) is 0 Å². The van der Waals surface area contributed by atoms with Crippen LogP contribution in [0.2, 0.25) is 0 Å². The molecule has 1 heterocycles. The molecule has 0 saturated carbocycles. The van der Waals surface area contributed by atoms with Gasteiger partial charge in [0.15, 0.2) is 0 Å². The van der Waals surface area contributed by atoms with Crippen LogP contribution in [-0.4, -0.2) is 9.55 Å². The van der Waals surface area contributed by atoms with E-state index in [2.05, 4.69) is 20.9 Å². The maximum atomic E-state index is 7.82. The smallest absolute Gasteiger partial charge is 0.105 e. The van der Waals surface area contributed by atoms with E-state index in [1.54, 1.807) is 0 Å². The number of imidazole rings is 1. The Balaban J connectivity index is 2.91. The first kappa shape index (κ1) is 3.00. The summed E-state index contributed by atoms with van der Waals surface area (Å²) in [5, 5.41) is 0. The Hall–Kier alpha value is -1.09. The Labute approximate surface area is 88.8 Å². The van der Waals surface area contributed by atoms with E-state index in [1.807, 2.05) is 0 Å². The molecule has 0 atom stereocenters. The third kappa shape index (κ3) is 1.28. The Kier molecular flexibility index (Phi) is 0.776. The fourth-order valence-corrected chi connectivity index (χ4v) is 1.10. The lowest BCUT2D eigenvalue weighted by molar-refractivity contribution is 1.05. The van der Waals surface area contributed by atoms with Crippen molar-refractivity contribution in [2.75, 3.05) is 0 Å². The molecule has 0 amide bonds. The van der Waals surface area contributed by atoms with Gasteiger partial charge in [0.25, 0.3) is 0 Å². The maximum absolute atomic E-state index is 7.82. The van der Waals surface area contributed by atoms with Gasteiger partial charge in [-0.25, -0.2) is 4.98 Å². The summed E-state index contributed by atoms with van der Waals surface area (Å²) in [7, 11) is 0. The highest BCUT2D eigenvalue weighted by molar-refractivity contribution is 9.10. The fraction of sp³-hybridized carbons (Fsp3) is 0. The second-order valence-electron chi connectivity index (χ2n) is 1.93. The molecular weight excluding hydrogens is 216 g/mol. The molecule has 12 heavy (non-hydrogen) atoms. The lowest BCUT2D eigenvalue weighted by atomic mass is 10.3. The molecule has 0 unspecified atom stereocenters.